The van der Waals surface area contributed by atoms with Gasteiger partial charge in [0.15, 0.2) is 11.5 Å². The van der Waals surface area contributed by atoms with Crippen molar-refractivity contribution in [1.82, 2.24) is 19.5 Å². The number of nitrogens with zero attached hydrogens (tertiary/aromatic N) is 4. The number of aliphatic hydroxyl groups is 1. The molecule has 1 atom stereocenters. The van der Waals surface area contributed by atoms with Gasteiger partial charge in [-0.2, -0.15) is 0 Å². The summed E-state index contributed by atoms with van der Waals surface area (Å²) in [6.45, 7) is 0.949. The molecule has 0 radical (unpaired) electrons. The third-order valence-electron chi connectivity index (χ3n) is 3.51. The number of anilines is 1. The van der Waals surface area contributed by atoms with Gasteiger partial charge in [0.25, 0.3) is 0 Å². The monoisotopic (exact) mass is 245 g/mol. The largest absolute Gasteiger partial charge is 0.392 e. The van der Waals surface area contributed by atoms with Crippen molar-refractivity contribution >= 4 is 17.0 Å². The second-order valence-corrected chi connectivity index (χ2v) is 4.53. The molecule has 0 spiro atoms. The number of allylic oxidation sites excluding steroid dienone is 1. The minimum Gasteiger partial charge on any atom is -0.392 e. The average molecular weight is 245 g/mol. The van der Waals surface area contributed by atoms with Crippen molar-refractivity contribution in [2.45, 2.75) is 19.4 Å². The van der Waals surface area contributed by atoms with Crippen molar-refractivity contribution < 1.29 is 5.11 Å². The molecule has 0 amide bonds. The van der Waals surface area contributed by atoms with Crippen LogP contribution in [0.3, 0.4) is 0 Å². The maximum atomic E-state index is 8.92. The first kappa shape index (κ1) is 11.2. The smallest absolute Gasteiger partial charge is 0.165 e. The van der Waals surface area contributed by atoms with Gasteiger partial charge < -0.3 is 15.4 Å². The van der Waals surface area contributed by atoms with Gasteiger partial charge in [0.2, 0.25) is 0 Å². The highest BCUT2D eigenvalue weighted by Crippen LogP contribution is 2.35. The third-order valence-corrected chi connectivity index (χ3v) is 3.51. The Morgan fingerprint density at radius 2 is 2.33 bits per heavy atom. The van der Waals surface area contributed by atoms with E-state index < -0.39 is 0 Å². The molecule has 1 aliphatic carbocycles. The SMILES string of the molecule is Nc1ncnc2c1ncn2CC1CC/C1=C/CO. The summed E-state index contributed by atoms with van der Waals surface area (Å²) in [4.78, 5) is 12.4. The summed E-state index contributed by atoms with van der Waals surface area (Å²) in [5.74, 6) is 0.893. The first-order valence-corrected chi connectivity index (χ1v) is 6.00. The number of rotatable bonds is 3. The van der Waals surface area contributed by atoms with E-state index in [0.717, 1.165) is 25.0 Å². The number of aromatic nitrogens is 4. The van der Waals surface area contributed by atoms with Gasteiger partial charge in [-0.05, 0) is 18.8 Å². The van der Waals surface area contributed by atoms with Gasteiger partial charge in [-0.3, -0.25) is 0 Å². The molecule has 3 N–H and O–H groups in total. The number of fused-ring (bicyclic) bond motifs is 1. The molecule has 94 valence electrons. The Hall–Kier alpha value is -1.95. The summed E-state index contributed by atoms with van der Waals surface area (Å²) in [6.07, 6.45) is 7.34. The van der Waals surface area contributed by atoms with Crippen molar-refractivity contribution in [3.63, 3.8) is 0 Å². The van der Waals surface area contributed by atoms with Crippen LogP contribution < -0.4 is 5.73 Å². The van der Waals surface area contributed by atoms with E-state index in [1.54, 1.807) is 6.33 Å². The molecule has 2 heterocycles. The quantitative estimate of drug-likeness (QED) is 0.778. The van der Waals surface area contributed by atoms with E-state index in [2.05, 4.69) is 15.0 Å². The van der Waals surface area contributed by atoms with Gasteiger partial charge in [-0.1, -0.05) is 11.6 Å². The number of imidazole rings is 1. The van der Waals surface area contributed by atoms with Crippen LogP contribution in [0.1, 0.15) is 12.8 Å². The maximum Gasteiger partial charge on any atom is 0.165 e. The second kappa shape index (κ2) is 4.38. The standard InChI is InChI=1S/C12H15N5O/c13-11-10-12(15-6-14-11)17(7-16-10)5-9-2-1-8(9)3-4-18/h3,6-7,9,18H,1-2,4-5H2,(H2,13,14,15)/b8-3-. The van der Waals surface area contributed by atoms with Gasteiger partial charge in [0.05, 0.1) is 12.9 Å². The first-order chi connectivity index (χ1) is 8.79. The number of hydrogen-bond donors (Lipinski definition) is 2. The van der Waals surface area contributed by atoms with Crippen molar-refractivity contribution in [3.05, 3.63) is 24.3 Å². The molecule has 0 aliphatic heterocycles. The van der Waals surface area contributed by atoms with Crippen molar-refractivity contribution in [2.75, 3.05) is 12.3 Å². The van der Waals surface area contributed by atoms with Gasteiger partial charge in [-0.25, -0.2) is 15.0 Å². The van der Waals surface area contributed by atoms with Crippen molar-refractivity contribution in [3.8, 4) is 0 Å². The molecule has 1 aliphatic rings. The van der Waals surface area contributed by atoms with Crippen molar-refractivity contribution in [1.29, 1.82) is 0 Å². The molecular formula is C12H15N5O. The van der Waals surface area contributed by atoms with Gasteiger partial charge in [0.1, 0.15) is 11.8 Å². The molecule has 6 nitrogen and oxygen atoms in total. The Balaban J connectivity index is 1.88. The zero-order valence-corrected chi connectivity index (χ0v) is 9.95. The summed E-state index contributed by atoms with van der Waals surface area (Å²) >= 11 is 0. The highest BCUT2D eigenvalue weighted by Gasteiger charge is 2.24. The fraction of sp³-hybridized carbons (Fsp3) is 0.417. The summed E-state index contributed by atoms with van der Waals surface area (Å²) < 4.78 is 2.00. The Bertz CT molecular complexity index is 604. The van der Waals surface area contributed by atoms with Crippen LogP contribution in [0.4, 0.5) is 5.82 Å². The predicted molar refractivity (Wildman–Crippen MR) is 67.6 cm³/mol. The molecule has 0 aromatic carbocycles. The van der Waals surface area contributed by atoms with E-state index >= 15 is 0 Å². The molecule has 3 rings (SSSR count). The number of nitrogens with two attached hydrogens (primary N) is 1. The molecular weight excluding hydrogens is 230 g/mol. The molecule has 0 bridgehead atoms. The van der Waals surface area contributed by atoms with E-state index in [4.69, 9.17) is 10.8 Å². The number of nitrogen functional groups attached to an aromatic ring is 1. The molecule has 0 saturated heterocycles. The zero-order chi connectivity index (χ0) is 12.5. The lowest BCUT2D eigenvalue weighted by Gasteiger charge is -2.30. The summed E-state index contributed by atoms with van der Waals surface area (Å²) in [7, 11) is 0. The Labute approximate surface area is 104 Å². The van der Waals surface area contributed by atoms with E-state index in [0.29, 0.717) is 17.3 Å². The van der Waals surface area contributed by atoms with Gasteiger partial charge in [-0.15, -0.1) is 0 Å². The average Bonchev–Trinajstić information content (AvgIpc) is 2.76. The highest BCUT2D eigenvalue weighted by atomic mass is 16.2. The summed E-state index contributed by atoms with van der Waals surface area (Å²) in [5.41, 5.74) is 8.50. The molecule has 18 heavy (non-hydrogen) atoms. The number of aliphatic hydroxyl groups excluding tert-OH is 1. The lowest BCUT2D eigenvalue weighted by Crippen LogP contribution is -2.21. The predicted octanol–water partition coefficient (Wildman–Crippen LogP) is 0.737. The molecule has 1 unspecified atom stereocenters. The molecule has 2 aromatic heterocycles. The normalized spacial score (nSPS) is 21.4. The first-order valence-electron chi connectivity index (χ1n) is 6.00. The molecule has 6 heteroatoms. The maximum absolute atomic E-state index is 8.92. The van der Waals surface area contributed by atoms with Gasteiger partial charge >= 0.3 is 0 Å². The second-order valence-electron chi connectivity index (χ2n) is 4.53. The minimum absolute atomic E-state index is 0.117. The zero-order valence-electron chi connectivity index (χ0n) is 9.95. The van der Waals surface area contributed by atoms with Crippen molar-refractivity contribution in [2.24, 2.45) is 5.92 Å². The van der Waals surface area contributed by atoms with Crippen LogP contribution in [0, 0.1) is 5.92 Å². The molecule has 1 fully saturated rings. The highest BCUT2D eigenvalue weighted by molar-refractivity contribution is 5.81. The van der Waals surface area contributed by atoms with Crippen LogP contribution in [-0.2, 0) is 6.54 Å². The van der Waals surface area contributed by atoms with Crippen LogP contribution in [0.2, 0.25) is 0 Å². The number of hydrogen-bond acceptors (Lipinski definition) is 5. The van der Waals surface area contributed by atoms with Crippen LogP contribution in [0.5, 0.6) is 0 Å². The minimum atomic E-state index is 0.117. The molecule has 2 aromatic rings. The Kier molecular flexibility index (Phi) is 2.71. The van der Waals surface area contributed by atoms with E-state index in [9.17, 15) is 0 Å². The lowest BCUT2D eigenvalue weighted by atomic mass is 9.79. The topological polar surface area (TPSA) is 89.9 Å². The van der Waals surface area contributed by atoms with Crippen LogP contribution in [0.15, 0.2) is 24.3 Å². The fourth-order valence-electron chi connectivity index (χ4n) is 2.38. The van der Waals surface area contributed by atoms with Crippen LogP contribution >= 0.6 is 0 Å². The lowest BCUT2D eigenvalue weighted by molar-refractivity contribution is 0.329. The molecule has 1 saturated carbocycles. The van der Waals surface area contributed by atoms with Gasteiger partial charge in [0, 0.05) is 6.54 Å². The third kappa shape index (κ3) is 1.74. The van der Waals surface area contributed by atoms with E-state index in [1.807, 2.05) is 10.6 Å². The Morgan fingerprint density at radius 3 is 3.06 bits per heavy atom. The summed E-state index contributed by atoms with van der Waals surface area (Å²) in [6, 6.07) is 0. The van der Waals surface area contributed by atoms with Crippen LogP contribution in [0.25, 0.3) is 11.2 Å². The summed E-state index contributed by atoms with van der Waals surface area (Å²) in [5, 5.41) is 8.92. The Morgan fingerprint density at radius 1 is 1.44 bits per heavy atom. The van der Waals surface area contributed by atoms with E-state index in [1.165, 1.54) is 11.9 Å². The van der Waals surface area contributed by atoms with Crippen LogP contribution in [-0.4, -0.2) is 31.2 Å². The van der Waals surface area contributed by atoms with E-state index in [-0.39, 0.29) is 6.61 Å². The fourth-order valence-corrected chi connectivity index (χ4v) is 2.38.